The molecule has 0 spiro atoms. The summed E-state index contributed by atoms with van der Waals surface area (Å²) < 4.78 is 23.9. The van der Waals surface area contributed by atoms with E-state index in [1.54, 1.807) is 24.1 Å². The van der Waals surface area contributed by atoms with Crippen LogP contribution in [0.5, 0.6) is 11.5 Å². The molecule has 1 aliphatic rings. The van der Waals surface area contributed by atoms with Crippen LogP contribution in [0.25, 0.3) is 0 Å². The molecule has 7 heteroatoms. The smallest absolute Gasteiger partial charge is 0.317 e. The zero-order valence-corrected chi connectivity index (χ0v) is 15.4. The fraction of sp³-hybridized carbons (Fsp3) is 0.350. The van der Waals surface area contributed by atoms with Crippen LogP contribution in [0, 0.1) is 5.82 Å². The monoisotopic (exact) mass is 373 g/mol. The largest absolute Gasteiger partial charge is 0.495 e. The Hall–Kier alpha value is -2.96. The van der Waals surface area contributed by atoms with E-state index in [4.69, 9.17) is 9.47 Å². The van der Waals surface area contributed by atoms with Crippen molar-refractivity contribution in [3.8, 4) is 11.5 Å². The quantitative estimate of drug-likeness (QED) is 0.791. The Bertz CT molecular complexity index is 764. The van der Waals surface area contributed by atoms with E-state index in [0.29, 0.717) is 25.4 Å². The number of nitrogens with zero attached hydrogens (tertiary/aromatic N) is 2. The molecule has 2 aromatic rings. The fourth-order valence-corrected chi connectivity index (χ4v) is 3.04. The summed E-state index contributed by atoms with van der Waals surface area (Å²) in [7, 11) is 1.66. The summed E-state index contributed by atoms with van der Waals surface area (Å²) in [4.78, 5) is 16.3. The topological polar surface area (TPSA) is 54.0 Å². The highest BCUT2D eigenvalue weighted by Gasteiger charge is 2.22. The number of amides is 2. The van der Waals surface area contributed by atoms with Crippen molar-refractivity contribution in [2.45, 2.75) is 0 Å². The Balaban J connectivity index is 1.41. The molecule has 0 atom stereocenters. The van der Waals surface area contributed by atoms with Gasteiger partial charge in [-0.2, -0.15) is 0 Å². The summed E-state index contributed by atoms with van der Waals surface area (Å²) in [6, 6.07) is 13.7. The summed E-state index contributed by atoms with van der Waals surface area (Å²) in [6.45, 7) is 3.41. The maximum atomic E-state index is 13.1. The number of hydrogen-bond acceptors (Lipinski definition) is 4. The maximum Gasteiger partial charge on any atom is 0.317 e. The first-order valence-electron chi connectivity index (χ1n) is 8.96. The first-order valence-corrected chi connectivity index (χ1v) is 8.96. The molecular weight excluding hydrogens is 349 g/mol. The predicted molar refractivity (Wildman–Crippen MR) is 102 cm³/mol. The third kappa shape index (κ3) is 5.03. The summed E-state index contributed by atoms with van der Waals surface area (Å²) in [5.74, 6) is 0.948. The van der Waals surface area contributed by atoms with Crippen LogP contribution in [0.2, 0.25) is 0 Å². The normalized spacial score (nSPS) is 14.0. The summed E-state index contributed by atoms with van der Waals surface area (Å²) in [6.07, 6.45) is 0. The van der Waals surface area contributed by atoms with Gasteiger partial charge in [0.25, 0.3) is 0 Å². The molecular formula is C20H24FN3O3. The average Bonchev–Trinajstić information content (AvgIpc) is 2.71. The Kier molecular flexibility index (Phi) is 6.35. The zero-order valence-electron chi connectivity index (χ0n) is 15.4. The van der Waals surface area contributed by atoms with Crippen LogP contribution in [0.15, 0.2) is 48.5 Å². The Morgan fingerprint density at radius 2 is 1.89 bits per heavy atom. The van der Waals surface area contributed by atoms with Crippen molar-refractivity contribution in [2.75, 3.05) is 51.3 Å². The highest BCUT2D eigenvalue weighted by molar-refractivity contribution is 5.74. The van der Waals surface area contributed by atoms with Crippen LogP contribution in [-0.2, 0) is 0 Å². The number of ether oxygens (including phenoxy) is 2. The molecule has 6 nitrogen and oxygen atoms in total. The number of benzene rings is 2. The van der Waals surface area contributed by atoms with E-state index in [-0.39, 0.29) is 18.5 Å². The Morgan fingerprint density at radius 3 is 2.63 bits per heavy atom. The molecule has 0 radical (unpaired) electrons. The molecule has 0 saturated carbocycles. The van der Waals surface area contributed by atoms with Crippen LogP contribution in [0.3, 0.4) is 0 Å². The van der Waals surface area contributed by atoms with Gasteiger partial charge in [0.05, 0.1) is 19.3 Å². The molecule has 0 aliphatic carbocycles. The second-order valence-corrected chi connectivity index (χ2v) is 6.18. The predicted octanol–water partition coefficient (Wildman–Crippen LogP) is 2.74. The van der Waals surface area contributed by atoms with E-state index >= 15 is 0 Å². The number of piperazine rings is 1. The van der Waals surface area contributed by atoms with Crippen molar-refractivity contribution in [2.24, 2.45) is 0 Å². The molecule has 0 unspecified atom stereocenters. The SMILES string of the molecule is COc1ccccc1N1CCN(C(=O)NCCOc2cccc(F)c2)CC1. The van der Waals surface area contributed by atoms with E-state index in [1.807, 2.05) is 24.3 Å². The summed E-state index contributed by atoms with van der Waals surface area (Å²) in [5.41, 5.74) is 1.04. The third-order valence-electron chi connectivity index (χ3n) is 4.44. The Labute approximate surface area is 158 Å². The van der Waals surface area contributed by atoms with Crippen LogP contribution < -0.4 is 19.7 Å². The Morgan fingerprint density at radius 1 is 1.11 bits per heavy atom. The molecule has 3 rings (SSSR count). The second kappa shape index (κ2) is 9.12. The number of para-hydroxylation sites is 2. The highest BCUT2D eigenvalue weighted by Crippen LogP contribution is 2.28. The number of hydrogen-bond donors (Lipinski definition) is 1. The minimum Gasteiger partial charge on any atom is -0.495 e. The van der Waals surface area contributed by atoms with Gasteiger partial charge in [-0.05, 0) is 24.3 Å². The fourth-order valence-electron chi connectivity index (χ4n) is 3.04. The second-order valence-electron chi connectivity index (χ2n) is 6.18. The number of nitrogens with one attached hydrogen (secondary N) is 1. The van der Waals surface area contributed by atoms with Gasteiger partial charge in [-0.15, -0.1) is 0 Å². The van der Waals surface area contributed by atoms with Gasteiger partial charge in [0, 0.05) is 32.2 Å². The number of methoxy groups -OCH3 is 1. The zero-order chi connectivity index (χ0) is 19.1. The van der Waals surface area contributed by atoms with Crippen molar-refractivity contribution in [3.63, 3.8) is 0 Å². The molecule has 0 aromatic heterocycles. The molecule has 1 aliphatic heterocycles. The molecule has 1 fully saturated rings. The lowest BCUT2D eigenvalue weighted by Gasteiger charge is -2.36. The number of halogens is 1. The lowest BCUT2D eigenvalue weighted by Crippen LogP contribution is -2.52. The van der Waals surface area contributed by atoms with E-state index in [1.165, 1.54) is 12.1 Å². The standard InChI is InChI=1S/C20H24FN3O3/c1-26-19-8-3-2-7-18(19)23-10-12-24(13-11-23)20(25)22-9-14-27-17-6-4-5-16(21)15-17/h2-8,15H,9-14H2,1H3,(H,22,25). The van der Waals surface area contributed by atoms with Gasteiger partial charge in [-0.3, -0.25) is 0 Å². The van der Waals surface area contributed by atoms with Crippen LogP contribution >= 0.6 is 0 Å². The summed E-state index contributed by atoms with van der Waals surface area (Å²) in [5, 5.41) is 2.84. The molecule has 1 N–H and O–H groups in total. The third-order valence-corrected chi connectivity index (χ3v) is 4.44. The van der Waals surface area contributed by atoms with E-state index in [2.05, 4.69) is 10.2 Å². The van der Waals surface area contributed by atoms with E-state index in [0.717, 1.165) is 24.5 Å². The van der Waals surface area contributed by atoms with Gasteiger partial charge >= 0.3 is 6.03 Å². The van der Waals surface area contributed by atoms with E-state index in [9.17, 15) is 9.18 Å². The maximum absolute atomic E-state index is 13.1. The molecule has 1 heterocycles. The number of carbonyl (C=O) groups is 1. The summed E-state index contributed by atoms with van der Waals surface area (Å²) >= 11 is 0. The molecule has 27 heavy (non-hydrogen) atoms. The highest BCUT2D eigenvalue weighted by atomic mass is 19.1. The number of anilines is 1. The molecule has 144 valence electrons. The number of carbonyl (C=O) groups excluding carboxylic acids is 1. The van der Waals surface area contributed by atoms with Gasteiger partial charge in [0.1, 0.15) is 23.9 Å². The van der Waals surface area contributed by atoms with Gasteiger partial charge in [0.15, 0.2) is 0 Å². The van der Waals surface area contributed by atoms with Gasteiger partial charge in [-0.1, -0.05) is 18.2 Å². The van der Waals surface area contributed by atoms with Crippen LogP contribution in [-0.4, -0.2) is 57.4 Å². The van der Waals surface area contributed by atoms with Gasteiger partial charge in [-0.25, -0.2) is 9.18 Å². The van der Waals surface area contributed by atoms with Crippen molar-refractivity contribution in [3.05, 3.63) is 54.3 Å². The lowest BCUT2D eigenvalue weighted by molar-refractivity contribution is 0.191. The van der Waals surface area contributed by atoms with Crippen molar-refractivity contribution in [1.29, 1.82) is 0 Å². The van der Waals surface area contributed by atoms with Crippen LogP contribution in [0.4, 0.5) is 14.9 Å². The minimum atomic E-state index is -0.343. The number of urea groups is 1. The molecule has 0 bridgehead atoms. The minimum absolute atomic E-state index is 0.113. The van der Waals surface area contributed by atoms with Crippen molar-refractivity contribution in [1.82, 2.24) is 10.2 Å². The molecule has 2 aromatic carbocycles. The molecule has 2 amide bonds. The first-order chi connectivity index (χ1) is 13.2. The molecule has 1 saturated heterocycles. The average molecular weight is 373 g/mol. The van der Waals surface area contributed by atoms with Gasteiger partial charge < -0.3 is 24.6 Å². The van der Waals surface area contributed by atoms with E-state index < -0.39 is 0 Å². The van der Waals surface area contributed by atoms with Gasteiger partial charge in [0.2, 0.25) is 0 Å². The van der Waals surface area contributed by atoms with Crippen LogP contribution in [0.1, 0.15) is 0 Å². The number of rotatable bonds is 6. The van der Waals surface area contributed by atoms with Crippen molar-refractivity contribution >= 4 is 11.7 Å². The first kappa shape index (κ1) is 18.8. The van der Waals surface area contributed by atoms with Crippen molar-refractivity contribution < 1.29 is 18.7 Å². The lowest BCUT2D eigenvalue weighted by atomic mass is 10.2.